The Bertz CT molecular complexity index is 27.0. The van der Waals surface area contributed by atoms with Crippen molar-refractivity contribution in [2.75, 3.05) is 0 Å². The quantitative estimate of drug-likeness (QED) is 0.334. The molecule has 0 rings (SSSR count). The first-order chi connectivity index (χ1) is 1.41. The van der Waals surface area contributed by atoms with E-state index in [1.54, 1.807) is 0 Å². The Morgan fingerprint density at radius 2 is 1.75 bits per heavy atom. The Balaban J connectivity index is 0. The molecule has 0 spiro atoms. The van der Waals surface area contributed by atoms with E-state index in [2.05, 4.69) is 0 Å². The monoisotopic (exact) mass is 133 g/mol. The number of hydrogen-bond acceptors (Lipinski definition) is 1. The molecule has 4 heavy (non-hydrogen) atoms. The van der Waals surface area contributed by atoms with Gasteiger partial charge in [0.05, 0.1) is 0 Å². The van der Waals surface area contributed by atoms with Crippen LogP contribution in [0.25, 0.3) is 5.53 Å². The maximum absolute atomic E-state index is 8.11. The number of nitrogens with zero attached hydrogens (tertiary/aromatic N) is 2. The Kier molecular flexibility index (Phi) is 22.0. The van der Waals surface area contributed by atoms with Crippen LogP contribution < -0.4 is 4.97 Å². The van der Waals surface area contributed by atoms with Crippen LogP contribution in [0.2, 0.25) is 0 Å². The van der Waals surface area contributed by atoms with Gasteiger partial charge in [-0.1, -0.05) is 0 Å². The third kappa shape index (κ3) is 28.2. The standard InChI is InChI=1S/N2O.Y/c1-2-3;. The van der Waals surface area contributed by atoms with Crippen LogP contribution in [0, 0.1) is 4.91 Å². The van der Waals surface area contributed by atoms with Crippen LogP contribution in [0.4, 0.5) is 0 Å². The zero-order valence-electron chi connectivity index (χ0n) is 1.88. The molecule has 0 saturated heterocycles. The van der Waals surface area contributed by atoms with Gasteiger partial charge in [0, 0.05) is 32.7 Å². The summed E-state index contributed by atoms with van der Waals surface area (Å²) in [5.41, 5.74) is 6.64. The van der Waals surface area contributed by atoms with E-state index in [0.29, 0.717) is 0 Å². The average molecular weight is 133 g/mol. The molecule has 1 radical (unpaired) electrons. The predicted molar refractivity (Wildman–Crippen MR) is 8.86 cm³/mol. The summed E-state index contributed by atoms with van der Waals surface area (Å²) in [6, 6.07) is 0. The topological polar surface area (TPSA) is 53.5 Å². The molecule has 0 aromatic rings. The average Bonchev–Trinajstić information content (AvgIpc) is 0.918. The Hall–Kier alpha value is 0.414. The van der Waals surface area contributed by atoms with Gasteiger partial charge in [0.25, 0.3) is 0 Å². The zero-order chi connectivity index (χ0) is 2.71. The van der Waals surface area contributed by atoms with Crippen molar-refractivity contribution in [3.05, 3.63) is 10.4 Å². The normalized spacial score (nSPS) is 2.00. The summed E-state index contributed by atoms with van der Waals surface area (Å²) in [7, 11) is 0. The molecule has 0 aromatic carbocycles. The molecule has 0 bridgehead atoms. The SMILES string of the molecule is [N-]=[N+]=O.[Y]. The summed E-state index contributed by atoms with van der Waals surface area (Å²) in [5, 5.41) is 0. The number of hydrogen-bond donors (Lipinski definition) is 0. The third-order valence-corrected chi connectivity index (χ3v) is 0. The Labute approximate surface area is 48.1 Å². The fourth-order valence-corrected chi connectivity index (χ4v) is 0. The molecule has 4 heteroatoms. The molecule has 0 fully saturated rings. The van der Waals surface area contributed by atoms with E-state index in [1.807, 2.05) is 0 Å². The second-order valence-corrected chi connectivity index (χ2v) is 0.0816. The van der Waals surface area contributed by atoms with Gasteiger partial charge in [0.1, 0.15) is 4.97 Å². The van der Waals surface area contributed by atoms with Crippen molar-refractivity contribution < 1.29 is 32.7 Å². The molecule has 0 aromatic heterocycles. The van der Waals surface area contributed by atoms with Crippen LogP contribution >= 0.6 is 0 Å². The molecule has 0 aliphatic heterocycles. The van der Waals surface area contributed by atoms with E-state index >= 15 is 0 Å². The van der Waals surface area contributed by atoms with Crippen molar-refractivity contribution in [1.29, 1.82) is 0 Å². The first-order valence-electron chi connectivity index (χ1n) is 0.383. The molecular weight excluding hydrogens is 133 g/mol. The minimum atomic E-state index is 0. The van der Waals surface area contributed by atoms with Crippen molar-refractivity contribution in [2.24, 2.45) is 0 Å². The van der Waals surface area contributed by atoms with Gasteiger partial charge in [0.2, 0.25) is 0 Å². The summed E-state index contributed by atoms with van der Waals surface area (Å²) in [4.78, 5) is 9.36. The van der Waals surface area contributed by atoms with Crippen molar-refractivity contribution in [1.82, 2.24) is 4.97 Å². The van der Waals surface area contributed by atoms with Crippen LogP contribution in [0.15, 0.2) is 0 Å². The first kappa shape index (κ1) is 8.83. The molecule has 0 unspecified atom stereocenters. The molecule has 0 atom stereocenters. The van der Waals surface area contributed by atoms with Crippen molar-refractivity contribution in [3.8, 4) is 0 Å². The fraction of sp³-hybridized carbons (Fsp3) is 0. The Morgan fingerprint density at radius 3 is 1.75 bits per heavy atom. The molecule has 0 N–H and O–H groups in total. The molecule has 19 valence electrons. The summed E-state index contributed by atoms with van der Waals surface area (Å²) in [5.74, 6) is 0. The number of nitroso groups, excluding NO2 is 1. The molecule has 0 saturated carbocycles. The van der Waals surface area contributed by atoms with Gasteiger partial charge in [-0.3, -0.25) is 5.53 Å². The van der Waals surface area contributed by atoms with E-state index in [-0.39, 0.29) is 32.7 Å². The van der Waals surface area contributed by atoms with Crippen LogP contribution in [-0.4, -0.2) is 0 Å². The summed E-state index contributed by atoms with van der Waals surface area (Å²) in [6.07, 6.45) is 0. The third-order valence-electron chi connectivity index (χ3n) is 0. The van der Waals surface area contributed by atoms with E-state index in [0.717, 1.165) is 0 Å². The van der Waals surface area contributed by atoms with E-state index in [1.165, 1.54) is 4.97 Å². The smallest absolute Gasteiger partial charge is 0.151 e. The van der Waals surface area contributed by atoms with Crippen LogP contribution in [-0.2, 0) is 32.7 Å². The summed E-state index contributed by atoms with van der Waals surface area (Å²) < 4.78 is 0. The zero-order valence-corrected chi connectivity index (χ0v) is 4.72. The predicted octanol–water partition coefficient (Wildman–Crippen LogP) is -0.161. The maximum atomic E-state index is 8.11. The van der Waals surface area contributed by atoms with Gasteiger partial charge in [0.15, 0.2) is 4.91 Å². The molecular formula is N2OY. The van der Waals surface area contributed by atoms with Crippen LogP contribution in [0.1, 0.15) is 0 Å². The van der Waals surface area contributed by atoms with Gasteiger partial charge in [-0.2, -0.15) is 0 Å². The molecule has 0 amide bonds. The fourth-order valence-electron chi connectivity index (χ4n) is 0. The molecule has 0 heterocycles. The van der Waals surface area contributed by atoms with Gasteiger partial charge in [-0.25, -0.2) is 0 Å². The van der Waals surface area contributed by atoms with E-state index in [9.17, 15) is 0 Å². The van der Waals surface area contributed by atoms with Crippen LogP contribution in [0.5, 0.6) is 0 Å². The first-order valence-corrected chi connectivity index (χ1v) is 0.383. The van der Waals surface area contributed by atoms with Gasteiger partial charge in [-0.15, -0.1) is 0 Å². The van der Waals surface area contributed by atoms with E-state index < -0.39 is 0 Å². The van der Waals surface area contributed by atoms with Crippen molar-refractivity contribution in [2.45, 2.75) is 0 Å². The number of rotatable bonds is 0. The molecule has 0 aliphatic carbocycles. The van der Waals surface area contributed by atoms with Crippen molar-refractivity contribution in [3.63, 3.8) is 0 Å². The van der Waals surface area contributed by atoms with Gasteiger partial charge < -0.3 is 0 Å². The van der Waals surface area contributed by atoms with Crippen LogP contribution in [0.3, 0.4) is 0 Å². The van der Waals surface area contributed by atoms with Gasteiger partial charge in [-0.05, 0) is 0 Å². The molecule has 3 nitrogen and oxygen atoms in total. The van der Waals surface area contributed by atoms with Gasteiger partial charge >= 0.3 is 0 Å². The maximum Gasteiger partial charge on any atom is 0.151 e. The largest absolute Gasteiger partial charge is 0.294 e. The van der Waals surface area contributed by atoms with E-state index in [4.69, 9.17) is 10.4 Å². The minimum Gasteiger partial charge on any atom is -0.294 e. The minimum absolute atomic E-state index is 0. The summed E-state index contributed by atoms with van der Waals surface area (Å²) >= 11 is 0. The van der Waals surface area contributed by atoms with Crippen molar-refractivity contribution >= 4 is 0 Å². The molecule has 0 aliphatic rings. The Morgan fingerprint density at radius 1 is 1.75 bits per heavy atom. The summed E-state index contributed by atoms with van der Waals surface area (Å²) in [6.45, 7) is 0. The second kappa shape index (κ2) is 9.95. The second-order valence-electron chi connectivity index (χ2n) is 0.0816.